The van der Waals surface area contributed by atoms with Gasteiger partial charge < -0.3 is 15.2 Å². The van der Waals surface area contributed by atoms with Gasteiger partial charge in [-0.2, -0.15) is 0 Å². The topological polar surface area (TPSA) is 47.7 Å². The Morgan fingerprint density at radius 1 is 1.24 bits per heavy atom. The lowest BCUT2D eigenvalue weighted by molar-refractivity contribution is 0.0711. The van der Waals surface area contributed by atoms with Crippen LogP contribution < -0.4 is 5.73 Å². The fourth-order valence-electron chi connectivity index (χ4n) is 2.20. The molecule has 21 heavy (non-hydrogen) atoms. The maximum atomic E-state index is 13.8. The second-order valence-corrected chi connectivity index (χ2v) is 5.04. The van der Waals surface area contributed by atoms with Crippen LogP contribution in [0.15, 0.2) is 18.2 Å². The molecule has 0 aliphatic rings. The molecule has 0 aliphatic heterocycles. The molecule has 0 radical (unpaired) electrons. The van der Waals surface area contributed by atoms with Crippen molar-refractivity contribution < 1.29 is 18.3 Å². The maximum Gasteiger partial charge on any atom is 0.163 e. The molecule has 1 rings (SSSR count). The summed E-state index contributed by atoms with van der Waals surface area (Å²) in [5, 5.41) is 0. The molecule has 0 saturated heterocycles. The van der Waals surface area contributed by atoms with Gasteiger partial charge >= 0.3 is 0 Å². The standard InChI is InChI=1S/C15H24F2N2O2/c1-11(10-21-3)19(7-8-20-2)9-14(18)12-5-4-6-13(16)15(12)17/h4-6,11,14H,7-10,18H2,1-3H3. The fourth-order valence-corrected chi connectivity index (χ4v) is 2.20. The summed E-state index contributed by atoms with van der Waals surface area (Å²) < 4.78 is 37.3. The zero-order valence-electron chi connectivity index (χ0n) is 12.8. The molecule has 0 bridgehead atoms. The first-order valence-electron chi connectivity index (χ1n) is 6.92. The van der Waals surface area contributed by atoms with E-state index < -0.39 is 17.7 Å². The Kier molecular flexibility index (Phi) is 7.74. The van der Waals surface area contributed by atoms with E-state index in [0.29, 0.717) is 26.3 Å². The van der Waals surface area contributed by atoms with E-state index in [1.165, 1.54) is 12.1 Å². The molecule has 0 fully saturated rings. The molecule has 1 aromatic carbocycles. The molecular weight excluding hydrogens is 278 g/mol. The van der Waals surface area contributed by atoms with E-state index in [-0.39, 0.29) is 11.6 Å². The minimum atomic E-state index is -0.879. The average Bonchev–Trinajstić information content (AvgIpc) is 2.46. The highest BCUT2D eigenvalue weighted by molar-refractivity contribution is 5.22. The van der Waals surface area contributed by atoms with Crippen molar-refractivity contribution in [3.63, 3.8) is 0 Å². The molecule has 0 spiro atoms. The molecule has 2 N–H and O–H groups in total. The van der Waals surface area contributed by atoms with Gasteiger partial charge in [-0.25, -0.2) is 8.78 Å². The normalized spacial score (nSPS) is 14.4. The number of halogens is 2. The van der Waals surface area contributed by atoms with Gasteiger partial charge in [-0.15, -0.1) is 0 Å². The van der Waals surface area contributed by atoms with Crippen molar-refractivity contribution in [2.45, 2.75) is 19.0 Å². The zero-order valence-corrected chi connectivity index (χ0v) is 12.8. The molecule has 4 nitrogen and oxygen atoms in total. The second kappa shape index (κ2) is 9.04. The maximum absolute atomic E-state index is 13.8. The Bertz CT molecular complexity index is 432. The van der Waals surface area contributed by atoms with Crippen LogP contribution in [0.3, 0.4) is 0 Å². The van der Waals surface area contributed by atoms with E-state index in [0.717, 1.165) is 6.07 Å². The van der Waals surface area contributed by atoms with E-state index in [2.05, 4.69) is 0 Å². The van der Waals surface area contributed by atoms with Gasteiger partial charge in [0, 0.05) is 45.0 Å². The highest BCUT2D eigenvalue weighted by atomic mass is 19.2. The van der Waals surface area contributed by atoms with E-state index >= 15 is 0 Å². The van der Waals surface area contributed by atoms with Crippen LogP contribution in [-0.2, 0) is 9.47 Å². The predicted octanol–water partition coefficient (Wildman–Crippen LogP) is 1.95. The number of nitrogens with two attached hydrogens (primary N) is 1. The molecule has 0 saturated carbocycles. The Balaban J connectivity index is 2.78. The summed E-state index contributed by atoms with van der Waals surface area (Å²) in [6.07, 6.45) is 0. The van der Waals surface area contributed by atoms with Crippen LogP contribution in [0.5, 0.6) is 0 Å². The van der Waals surface area contributed by atoms with Crippen LogP contribution in [0, 0.1) is 11.6 Å². The van der Waals surface area contributed by atoms with Gasteiger partial charge in [0.15, 0.2) is 11.6 Å². The van der Waals surface area contributed by atoms with Gasteiger partial charge in [0.05, 0.1) is 13.2 Å². The number of nitrogens with zero attached hydrogens (tertiary/aromatic N) is 1. The van der Waals surface area contributed by atoms with Crippen LogP contribution in [0.25, 0.3) is 0 Å². The quantitative estimate of drug-likeness (QED) is 0.757. The summed E-state index contributed by atoms with van der Waals surface area (Å²) in [7, 11) is 3.24. The lowest BCUT2D eigenvalue weighted by Crippen LogP contribution is -2.42. The number of ether oxygens (including phenoxy) is 2. The fraction of sp³-hybridized carbons (Fsp3) is 0.600. The van der Waals surface area contributed by atoms with Gasteiger partial charge in [-0.05, 0) is 13.0 Å². The lowest BCUT2D eigenvalue weighted by Gasteiger charge is -2.31. The largest absolute Gasteiger partial charge is 0.383 e. The third-order valence-corrected chi connectivity index (χ3v) is 3.43. The minimum absolute atomic E-state index is 0.104. The number of benzene rings is 1. The molecule has 6 heteroatoms. The Hall–Kier alpha value is -1.08. The Morgan fingerprint density at radius 2 is 1.95 bits per heavy atom. The monoisotopic (exact) mass is 302 g/mol. The summed E-state index contributed by atoms with van der Waals surface area (Å²) in [6, 6.07) is 3.55. The highest BCUT2D eigenvalue weighted by Gasteiger charge is 2.21. The number of hydrogen-bond donors (Lipinski definition) is 1. The van der Waals surface area contributed by atoms with Crippen molar-refractivity contribution in [2.75, 3.05) is 40.5 Å². The summed E-state index contributed by atoms with van der Waals surface area (Å²) in [4.78, 5) is 2.04. The van der Waals surface area contributed by atoms with Crippen molar-refractivity contribution in [3.05, 3.63) is 35.4 Å². The Morgan fingerprint density at radius 3 is 2.57 bits per heavy atom. The number of hydrogen-bond acceptors (Lipinski definition) is 4. The van der Waals surface area contributed by atoms with Crippen molar-refractivity contribution >= 4 is 0 Å². The molecule has 2 unspecified atom stereocenters. The molecule has 1 aromatic rings. The minimum Gasteiger partial charge on any atom is -0.383 e. The molecule has 2 atom stereocenters. The summed E-state index contributed by atoms with van der Waals surface area (Å²) in [5.74, 6) is -1.76. The van der Waals surface area contributed by atoms with E-state index in [4.69, 9.17) is 15.2 Å². The van der Waals surface area contributed by atoms with Gasteiger partial charge in [-0.1, -0.05) is 12.1 Å². The van der Waals surface area contributed by atoms with Gasteiger partial charge in [0.2, 0.25) is 0 Å². The third-order valence-electron chi connectivity index (χ3n) is 3.43. The first-order valence-corrected chi connectivity index (χ1v) is 6.92. The number of rotatable bonds is 9. The van der Waals surface area contributed by atoms with E-state index in [1.807, 2.05) is 11.8 Å². The summed E-state index contributed by atoms with van der Waals surface area (Å²) in [5.41, 5.74) is 6.22. The third kappa shape index (κ3) is 5.32. The SMILES string of the molecule is COCCN(CC(N)c1cccc(F)c1F)C(C)COC. The second-order valence-electron chi connectivity index (χ2n) is 5.04. The molecule has 0 aromatic heterocycles. The van der Waals surface area contributed by atoms with E-state index in [1.54, 1.807) is 14.2 Å². The average molecular weight is 302 g/mol. The van der Waals surface area contributed by atoms with Crippen LogP contribution in [0.4, 0.5) is 8.78 Å². The van der Waals surface area contributed by atoms with Crippen molar-refractivity contribution in [3.8, 4) is 0 Å². The summed E-state index contributed by atoms with van der Waals surface area (Å²) in [6.45, 7) is 4.10. The molecule has 0 amide bonds. The van der Waals surface area contributed by atoms with Crippen molar-refractivity contribution in [1.29, 1.82) is 0 Å². The molecule has 120 valence electrons. The van der Waals surface area contributed by atoms with Crippen LogP contribution in [0.1, 0.15) is 18.5 Å². The molecule has 0 heterocycles. The predicted molar refractivity (Wildman–Crippen MR) is 78.1 cm³/mol. The van der Waals surface area contributed by atoms with Gasteiger partial charge in [-0.3, -0.25) is 4.90 Å². The van der Waals surface area contributed by atoms with Crippen molar-refractivity contribution in [1.82, 2.24) is 4.90 Å². The summed E-state index contributed by atoms with van der Waals surface area (Å²) >= 11 is 0. The smallest absolute Gasteiger partial charge is 0.163 e. The van der Waals surface area contributed by atoms with Gasteiger partial charge in [0.1, 0.15) is 0 Å². The van der Waals surface area contributed by atoms with Crippen LogP contribution >= 0.6 is 0 Å². The zero-order chi connectivity index (χ0) is 15.8. The first-order chi connectivity index (χ1) is 10.0. The highest BCUT2D eigenvalue weighted by Crippen LogP contribution is 2.19. The van der Waals surface area contributed by atoms with E-state index in [9.17, 15) is 8.78 Å². The Labute approximate surface area is 124 Å². The molecule has 0 aliphatic carbocycles. The lowest BCUT2D eigenvalue weighted by atomic mass is 10.1. The number of methoxy groups -OCH3 is 2. The first kappa shape index (κ1) is 18.0. The van der Waals surface area contributed by atoms with Crippen molar-refractivity contribution in [2.24, 2.45) is 5.73 Å². The van der Waals surface area contributed by atoms with Gasteiger partial charge in [0.25, 0.3) is 0 Å². The molecular formula is C15H24F2N2O2. The van der Waals surface area contributed by atoms with Crippen LogP contribution in [-0.4, -0.2) is 51.5 Å². The van der Waals surface area contributed by atoms with Crippen LogP contribution in [0.2, 0.25) is 0 Å².